The van der Waals surface area contributed by atoms with Crippen LogP contribution in [-0.4, -0.2) is 0 Å². The Balaban J connectivity index is -0.0000000105. The van der Waals surface area contributed by atoms with Crippen LogP contribution in [0, 0.1) is 13.8 Å². The van der Waals surface area contributed by atoms with E-state index < -0.39 is 0 Å². The summed E-state index contributed by atoms with van der Waals surface area (Å²) < 4.78 is 0. The molecule has 0 aromatic heterocycles. The van der Waals surface area contributed by atoms with Gasteiger partial charge in [0.15, 0.2) is 0 Å². The van der Waals surface area contributed by atoms with E-state index in [0.717, 1.165) is 0 Å². The minimum atomic E-state index is 0. The van der Waals surface area contributed by atoms with Crippen molar-refractivity contribution < 1.29 is 21.1 Å². The van der Waals surface area contributed by atoms with E-state index in [1.807, 2.05) is 34.1 Å². The summed E-state index contributed by atoms with van der Waals surface area (Å²) in [6, 6.07) is 0. The van der Waals surface area contributed by atoms with Crippen LogP contribution in [0.25, 0.3) is 0 Å². The Bertz CT molecular complexity index is 4.14. The summed E-state index contributed by atoms with van der Waals surface area (Å²) in [4.78, 5) is 0. The standard InChI is InChI=1S/C3H7.C2H6.CH3.W/c1-3-2;1-2;;/h3H,1-2H3;1-2H3;1H3;/q-1;;-1;+2. The second kappa shape index (κ2) is 75.9. The zero-order valence-corrected chi connectivity index (χ0v) is 8.92. The molecule has 0 unspecified atom stereocenters. The summed E-state index contributed by atoms with van der Waals surface area (Å²) in [7, 11) is 0. The van der Waals surface area contributed by atoms with Gasteiger partial charge in [0.2, 0.25) is 0 Å². The van der Waals surface area contributed by atoms with Crippen LogP contribution in [0.3, 0.4) is 0 Å². The van der Waals surface area contributed by atoms with E-state index >= 15 is 0 Å². The zero-order valence-electron chi connectivity index (χ0n) is 5.99. The van der Waals surface area contributed by atoms with Gasteiger partial charge in [-0.3, -0.25) is 0 Å². The van der Waals surface area contributed by atoms with Crippen LogP contribution >= 0.6 is 0 Å². The minimum absolute atomic E-state index is 0. The third kappa shape index (κ3) is 310. The molecule has 0 aromatic carbocycles. The SMILES string of the molecule is CC.C[CH-]C.[CH3-].[W+2]. The van der Waals surface area contributed by atoms with E-state index in [-0.39, 0.29) is 28.5 Å². The number of hydrogen-bond acceptors (Lipinski definition) is 0. The van der Waals surface area contributed by atoms with Gasteiger partial charge in [0.1, 0.15) is 0 Å². The molecule has 0 radical (unpaired) electrons. The van der Waals surface area contributed by atoms with Gasteiger partial charge in [0.25, 0.3) is 0 Å². The monoisotopic (exact) mass is 272 g/mol. The Morgan fingerprint density at radius 2 is 1.00 bits per heavy atom. The quantitative estimate of drug-likeness (QED) is 0.595. The third-order valence-corrected chi connectivity index (χ3v) is 0. The molecule has 0 aromatic rings. The van der Waals surface area contributed by atoms with Crippen molar-refractivity contribution in [3.8, 4) is 0 Å². The Morgan fingerprint density at radius 3 is 1.00 bits per heavy atom. The molecule has 0 fully saturated rings. The van der Waals surface area contributed by atoms with Gasteiger partial charge >= 0.3 is 21.1 Å². The first-order chi connectivity index (χ1) is 2.41. The summed E-state index contributed by atoms with van der Waals surface area (Å²) in [6.45, 7) is 8.00. The first kappa shape index (κ1) is 25.3. The van der Waals surface area contributed by atoms with E-state index in [4.69, 9.17) is 0 Å². The molecule has 0 atom stereocenters. The maximum absolute atomic E-state index is 2.00. The van der Waals surface area contributed by atoms with Gasteiger partial charge in [0.05, 0.1) is 0 Å². The van der Waals surface area contributed by atoms with E-state index in [9.17, 15) is 0 Å². The van der Waals surface area contributed by atoms with Crippen LogP contribution in [0.4, 0.5) is 0 Å². The van der Waals surface area contributed by atoms with E-state index in [0.29, 0.717) is 0 Å². The van der Waals surface area contributed by atoms with E-state index in [1.54, 1.807) is 0 Å². The molecule has 0 aliphatic heterocycles. The molecule has 0 aliphatic rings. The predicted molar refractivity (Wildman–Crippen MR) is 33.4 cm³/mol. The van der Waals surface area contributed by atoms with Crippen LogP contribution in [0.1, 0.15) is 27.7 Å². The smallest absolute Gasteiger partial charge is 0.358 e. The second-order valence-electron chi connectivity index (χ2n) is 0.577. The molecule has 7 heavy (non-hydrogen) atoms. The van der Waals surface area contributed by atoms with Crippen molar-refractivity contribution in [1.82, 2.24) is 0 Å². The van der Waals surface area contributed by atoms with E-state index in [1.165, 1.54) is 0 Å². The fraction of sp³-hybridized carbons (Fsp3) is 0.667. The van der Waals surface area contributed by atoms with Gasteiger partial charge in [-0.05, 0) is 0 Å². The first-order valence-electron chi connectivity index (χ1n) is 2.15. The molecule has 1 heteroatoms. The second-order valence-corrected chi connectivity index (χ2v) is 0.577. The predicted octanol–water partition coefficient (Wildman–Crippen LogP) is 2.70. The Labute approximate surface area is 63.0 Å². The molecule has 0 bridgehead atoms. The van der Waals surface area contributed by atoms with Gasteiger partial charge in [-0.15, -0.1) is 0 Å². The molecule has 0 amide bonds. The van der Waals surface area contributed by atoms with Gasteiger partial charge in [-0.1, -0.05) is 13.8 Å². The van der Waals surface area contributed by atoms with Crippen molar-refractivity contribution >= 4 is 0 Å². The Morgan fingerprint density at radius 1 is 1.00 bits per heavy atom. The average Bonchev–Trinajstić information content (AvgIpc) is 1.46. The summed E-state index contributed by atoms with van der Waals surface area (Å²) in [6.07, 6.45) is 2.00. The summed E-state index contributed by atoms with van der Waals surface area (Å²) in [5, 5.41) is 0. The van der Waals surface area contributed by atoms with Crippen molar-refractivity contribution in [1.29, 1.82) is 0 Å². The minimum Gasteiger partial charge on any atom is -0.358 e. The summed E-state index contributed by atoms with van der Waals surface area (Å²) in [5.41, 5.74) is 0. The van der Waals surface area contributed by atoms with Gasteiger partial charge < -0.3 is 13.8 Å². The van der Waals surface area contributed by atoms with E-state index in [2.05, 4.69) is 0 Å². The number of hydrogen-bond donors (Lipinski definition) is 0. The fourth-order valence-corrected chi connectivity index (χ4v) is 0. The summed E-state index contributed by atoms with van der Waals surface area (Å²) in [5.74, 6) is 0. The van der Waals surface area contributed by atoms with Crippen molar-refractivity contribution in [3.63, 3.8) is 0 Å². The molecule has 0 rings (SSSR count). The van der Waals surface area contributed by atoms with Crippen LogP contribution in [0.2, 0.25) is 0 Å². The van der Waals surface area contributed by atoms with Gasteiger partial charge in [0, 0.05) is 0 Å². The zero-order chi connectivity index (χ0) is 4.71. The average molecular weight is 272 g/mol. The largest absolute Gasteiger partial charge is 2.00 e. The van der Waals surface area contributed by atoms with Crippen molar-refractivity contribution in [2.45, 2.75) is 27.7 Å². The Kier molecular flexibility index (Phi) is 274. The molecule has 0 saturated heterocycles. The fourth-order valence-electron chi connectivity index (χ4n) is 0. The molecule has 0 aliphatic carbocycles. The van der Waals surface area contributed by atoms with Crippen molar-refractivity contribution in [3.05, 3.63) is 13.8 Å². The Hall–Kier alpha value is 0.688. The normalized spacial score (nSPS) is 3.43. The first-order valence-corrected chi connectivity index (χ1v) is 2.15. The molecular formula is C6H16W. The molecule has 0 N–H and O–H groups in total. The molecule has 0 heterocycles. The molecule has 46 valence electrons. The molecular weight excluding hydrogens is 256 g/mol. The maximum Gasteiger partial charge on any atom is 2.00 e. The van der Waals surface area contributed by atoms with Gasteiger partial charge in [-0.25, -0.2) is 0 Å². The topological polar surface area (TPSA) is 0 Å². The molecule has 0 nitrogen and oxygen atoms in total. The van der Waals surface area contributed by atoms with Crippen LogP contribution in [0.5, 0.6) is 0 Å². The van der Waals surface area contributed by atoms with Crippen molar-refractivity contribution in [2.24, 2.45) is 0 Å². The maximum atomic E-state index is 2.00. The third-order valence-electron chi connectivity index (χ3n) is 0. The number of rotatable bonds is 0. The van der Waals surface area contributed by atoms with Crippen LogP contribution in [-0.2, 0) is 21.1 Å². The molecule has 0 saturated carbocycles. The van der Waals surface area contributed by atoms with Gasteiger partial charge in [-0.2, -0.15) is 13.8 Å². The van der Waals surface area contributed by atoms with Crippen LogP contribution < -0.4 is 0 Å². The van der Waals surface area contributed by atoms with Crippen molar-refractivity contribution in [2.75, 3.05) is 0 Å². The van der Waals surface area contributed by atoms with Crippen LogP contribution in [0.15, 0.2) is 0 Å². The summed E-state index contributed by atoms with van der Waals surface area (Å²) >= 11 is 0. The molecule has 0 spiro atoms.